The maximum Gasteiger partial charge on any atom is 0.252 e. The number of aromatic nitrogens is 2. The van der Waals surface area contributed by atoms with Crippen LogP contribution in [-0.4, -0.2) is 36.4 Å². The molecule has 0 amide bonds. The molecule has 1 N–H and O–H groups in total. The first-order valence-electron chi connectivity index (χ1n) is 5.51. The number of rotatable bonds is 5. The van der Waals surface area contributed by atoms with Gasteiger partial charge in [-0.2, -0.15) is 4.98 Å². The average Bonchev–Trinajstić information content (AvgIpc) is 2.76. The molecule has 1 fully saturated rings. The second kappa shape index (κ2) is 5.93. The normalized spacial score (nSPS) is 17.8. The third-order valence-corrected chi connectivity index (χ3v) is 2.51. The molecule has 1 aromatic rings. The van der Waals surface area contributed by atoms with E-state index in [1.54, 1.807) is 7.11 Å². The average molecular weight is 227 g/mol. The molecule has 1 aliphatic heterocycles. The van der Waals surface area contributed by atoms with Crippen molar-refractivity contribution in [2.75, 3.05) is 20.2 Å². The maximum absolute atomic E-state index is 5.68. The van der Waals surface area contributed by atoms with Crippen LogP contribution in [0.3, 0.4) is 0 Å². The zero-order valence-electron chi connectivity index (χ0n) is 9.44. The van der Waals surface area contributed by atoms with E-state index >= 15 is 0 Å². The SMILES string of the molecule is COCc1noc(COC2CCNCC2)n1. The van der Waals surface area contributed by atoms with Crippen molar-refractivity contribution in [3.05, 3.63) is 11.7 Å². The van der Waals surface area contributed by atoms with Gasteiger partial charge in [0, 0.05) is 7.11 Å². The molecule has 0 aliphatic carbocycles. The minimum absolute atomic E-state index is 0.305. The number of ether oxygens (including phenoxy) is 2. The van der Waals surface area contributed by atoms with Crippen LogP contribution in [0.15, 0.2) is 4.52 Å². The molecule has 1 aliphatic rings. The van der Waals surface area contributed by atoms with Crippen LogP contribution in [0.1, 0.15) is 24.6 Å². The van der Waals surface area contributed by atoms with Crippen LogP contribution in [-0.2, 0) is 22.7 Å². The minimum atomic E-state index is 0.305. The molecule has 2 rings (SSSR count). The molecular formula is C10H17N3O3. The smallest absolute Gasteiger partial charge is 0.252 e. The van der Waals surface area contributed by atoms with Gasteiger partial charge < -0.3 is 19.3 Å². The molecule has 1 saturated heterocycles. The lowest BCUT2D eigenvalue weighted by Gasteiger charge is -2.21. The van der Waals surface area contributed by atoms with Crippen molar-refractivity contribution < 1.29 is 14.0 Å². The van der Waals surface area contributed by atoms with Gasteiger partial charge in [0.15, 0.2) is 5.82 Å². The lowest BCUT2D eigenvalue weighted by atomic mass is 10.1. The Hall–Kier alpha value is -0.980. The number of nitrogens with one attached hydrogen (secondary N) is 1. The quantitative estimate of drug-likeness (QED) is 0.789. The first-order chi connectivity index (χ1) is 7.88. The molecule has 0 spiro atoms. The third-order valence-electron chi connectivity index (χ3n) is 2.51. The Kier molecular flexibility index (Phi) is 4.26. The standard InChI is InChI=1S/C10H17N3O3/c1-14-6-9-12-10(16-13-9)7-15-8-2-4-11-5-3-8/h8,11H,2-7H2,1H3. The fourth-order valence-electron chi connectivity index (χ4n) is 1.69. The number of hydrogen-bond acceptors (Lipinski definition) is 6. The van der Waals surface area contributed by atoms with E-state index < -0.39 is 0 Å². The van der Waals surface area contributed by atoms with E-state index in [0.29, 0.717) is 31.0 Å². The summed E-state index contributed by atoms with van der Waals surface area (Å²) >= 11 is 0. The van der Waals surface area contributed by atoms with Crippen molar-refractivity contribution in [2.45, 2.75) is 32.2 Å². The highest BCUT2D eigenvalue weighted by atomic mass is 16.5. The van der Waals surface area contributed by atoms with E-state index in [0.717, 1.165) is 25.9 Å². The number of nitrogens with zero attached hydrogens (tertiary/aromatic N) is 2. The summed E-state index contributed by atoms with van der Waals surface area (Å²) < 4.78 is 15.6. The number of methoxy groups -OCH3 is 1. The fourth-order valence-corrected chi connectivity index (χ4v) is 1.69. The van der Waals surface area contributed by atoms with Crippen LogP contribution < -0.4 is 5.32 Å². The molecule has 0 aromatic carbocycles. The zero-order chi connectivity index (χ0) is 11.2. The van der Waals surface area contributed by atoms with E-state index in [1.807, 2.05) is 0 Å². The van der Waals surface area contributed by atoms with Gasteiger partial charge in [-0.25, -0.2) is 0 Å². The summed E-state index contributed by atoms with van der Waals surface area (Å²) in [7, 11) is 1.60. The highest BCUT2D eigenvalue weighted by molar-refractivity contribution is 4.83. The van der Waals surface area contributed by atoms with Crippen LogP contribution in [0.5, 0.6) is 0 Å². The van der Waals surface area contributed by atoms with Gasteiger partial charge in [0.05, 0.1) is 6.10 Å². The van der Waals surface area contributed by atoms with Crippen LogP contribution in [0.25, 0.3) is 0 Å². The number of piperidine rings is 1. The van der Waals surface area contributed by atoms with Gasteiger partial charge in [0.1, 0.15) is 13.2 Å². The van der Waals surface area contributed by atoms with Crippen LogP contribution in [0.4, 0.5) is 0 Å². The Morgan fingerprint density at radius 1 is 1.38 bits per heavy atom. The number of hydrogen-bond donors (Lipinski definition) is 1. The topological polar surface area (TPSA) is 69.4 Å². The Bertz CT molecular complexity index is 310. The van der Waals surface area contributed by atoms with Gasteiger partial charge in [0.25, 0.3) is 5.89 Å². The van der Waals surface area contributed by atoms with Gasteiger partial charge in [-0.05, 0) is 25.9 Å². The Labute approximate surface area is 94.3 Å². The highest BCUT2D eigenvalue weighted by Crippen LogP contribution is 2.10. The van der Waals surface area contributed by atoms with E-state index in [4.69, 9.17) is 14.0 Å². The zero-order valence-corrected chi connectivity index (χ0v) is 9.44. The second-order valence-electron chi connectivity index (χ2n) is 3.80. The molecule has 6 nitrogen and oxygen atoms in total. The maximum atomic E-state index is 5.68. The Morgan fingerprint density at radius 3 is 2.94 bits per heavy atom. The summed E-state index contributed by atoms with van der Waals surface area (Å²) in [5, 5.41) is 7.05. The molecule has 1 aromatic heterocycles. The van der Waals surface area contributed by atoms with Gasteiger partial charge in [-0.15, -0.1) is 0 Å². The highest BCUT2D eigenvalue weighted by Gasteiger charge is 2.15. The fraction of sp³-hybridized carbons (Fsp3) is 0.800. The predicted molar refractivity (Wildman–Crippen MR) is 55.7 cm³/mol. The molecule has 16 heavy (non-hydrogen) atoms. The minimum Gasteiger partial charge on any atom is -0.377 e. The third kappa shape index (κ3) is 3.26. The van der Waals surface area contributed by atoms with E-state index in [1.165, 1.54) is 0 Å². The molecule has 2 heterocycles. The van der Waals surface area contributed by atoms with Crippen molar-refractivity contribution in [3.8, 4) is 0 Å². The van der Waals surface area contributed by atoms with Crippen LogP contribution in [0, 0.1) is 0 Å². The monoisotopic (exact) mass is 227 g/mol. The molecule has 0 unspecified atom stereocenters. The predicted octanol–water partition coefficient (Wildman–Crippen LogP) is 0.485. The van der Waals surface area contributed by atoms with Gasteiger partial charge in [-0.1, -0.05) is 5.16 Å². The van der Waals surface area contributed by atoms with Crippen LogP contribution in [0.2, 0.25) is 0 Å². The molecule has 0 atom stereocenters. The van der Waals surface area contributed by atoms with E-state index in [9.17, 15) is 0 Å². The van der Waals surface area contributed by atoms with E-state index in [-0.39, 0.29) is 0 Å². The summed E-state index contributed by atoms with van der Waals surface area (Å²) in [6, 6.07) is 0. The Morgan fingerprint density at radius 2 is 2.19 bits per heavy atom. The summed E-state index contributed by atoms with van der Waals surface area (Å²) in [4.78, 5) is 4.14. The van der Waals surface area contributed by atoms with Gasteiger partial charge >= 0.3 is 0 Å². The van der Waals surface area contributed by atoms with Gasteiger partial charge in [-0.3, -0.25) is 0 Å². The van der Waals surface area contributed by atoms with Gasteiger partial charge in [0.2, 0.25) is 0 Å². The lowest BCUT2D eigenvalue weighted by Crippen LogP contribution is -2.32. The van der Waals surface area contributed by atoms with Crippen molar-refractivity contribution >= 4 is 0 Å². The van der Waals surface area contributed by atoms with Crippen molar-refractivity contribution in [1.82, 2.24) is 15.5 Å². The molecule has 0 saturated carbocycles. The molecular weight excluding hydrogens is 210 g/mol. The summed E-state index contributed by atoms with van der Waals surface area (Å²) in [6.07, 6.45) is 2.39. The van der Waals surface area contributed by atoms with Crippen molar-refractivity contribution in [3.63, 3.8) is 0 Å². The van der Waals surface area contributed by atoms with Crippen molar-refractivity contribution in [1.29, 1.82) is 0 Å². The van der Waals surface area contributed by atoms with Crippen LogP contribution >= 0.6 is 0 Å². The summed E-state index contributed by atoms with van der Waals surface area (Å²) in [5.74, 6) is 1.08. The molecule has 90 valence electrons. The molecule has 0 radical (unpaired) electrons. The second-order valence-corrected chi connectivity index (χ2v) is 3.80. The first-order valence-corrected chi connectivity index (χ1v) is 5.51. The molecule has 6 heteroatoms. The largest absolute Gasteiger partial charge is 0.377 e. The van der Waals surface area contributed by atoms with Crippen molar-refractivity contribution in [2.24, 2.45) is 0 Å². The Balaban J connectivity index is 1.75. The first kappa shape index (κ1) is 11.5. The summed E-state index contributed by atoms with van der Waals surface area (Å²) in [5.41, 5.74) is 0. The van der Waals surface area contributed by atoms with E-state index in [2.05, 4.69) is 15.5 Å². The molecule has 0 bridgehead atoms. The lowest BCUT2D eigenvalue weighted by molar-refractivity contribution is 0.00859. The summed E-state index contributed by atoms with van der Waals surface area (Å²) in [6.45, 7) is 2.80.